The molecule has 0 spiro atoms. The van der Waals surface area contributed by atoms with Gasteiger partial charge in [0.1, 0.15) is 5.82 Å². The third-order valence-corrected chi connectivity index (χ3v) is 3.11. The number of fused-ring (bicyclic) bond motifs is 1. The summed E-state index contributed by atoms with van der Waals surface area (Å²) in [7, 11) is 0. The van der Waals surface area contributed by atoms with Crippen LogP contribution in [-0.2, 0) is 12.8 Å². The first-order chi connectivity index (χ1) is 7.83. The minimum Gasteiger partial charge on any atom is -0.396 e. The highest BCUT2D eigenvalue weighted by Gasteiger charge is 2.24. The van der Waals surface area contributed by atoms with Gasteiger partial charge in [0.05, 0.1) is 18.1 Å². The highest BCUT2D eigenvalue weighted by atomic mass is 14.9. The average Bonchev–Trinajstić information content (AvgIpc) is 2.73. The molecule has 1 heterocycles. The Morgan fingerprint density at radius 2 is 1.56 bits per heavy atom. The lowest BCUT2D eigenvalue weighted by molar-refractivity contribution is 0.682. The number of nitrogens with zero attached hydrogens (tertiary/aromatic N) is 2. The van der Waals surface area contributed by atoms with Crippen LogP contribution in [0.3, 0.4) is 0 Å². The van der Waals surface area contributed by atoms with Crippen LogP contribution in [0, 0.1) is 0 Å². The molecule has 0 amide bonds. The van der Waals surface area contributed by atoms with Gasteiger partial charge in [-0.1, -0.05) is 24.3 Å². The van der Waals surface area contributed by atoms with Crippen molar-refractivity contribution in [2.24, 2.45) is 0 Å². The monoisotopic (exact) mass is 211 g/mol. The van der Waals surface area contributed by atoms with E-state index in [0.717, 1.165) is 18.7 Å². The van der Waals surface area contributed by atoms with Crippen molar-refractivity contribution in [2.75, 3.05) is 5.73 Å². The van der Waals surface area contributed by atoms with Crippen molar-refractivity contribution < 1.29 is 0 Å². The zero-order valence-corrected chi connectivity index (χ0v) is 8.93. The summed E-state index contributed by atoms with van der Waals surface area (Å²) >= 11 is 0. The van der Waals surface area contributed by atoms with Gasteiger partial charge in [-0.3, -0.25) is 0 Å². The summed E-state index contributed by atoms with van der Waals surface area (Å²) in [6, 6.07) is 8.55. The van der Waals surface area contributed by atoms with Gasteiger partial charge in [-0.2, -0.15) is 0 Å². The summed E-state index contributed by atoms with van der Waals surface area (Å²) in [4.78, 5) is 8.61. The molecule has 0 fully saturated rings. The van der Waals surface area contributed by atoms with E-state index in [0.29, 0.717) is 11.6 Å². The molecule has 1 aliphatic carbocycles. The Bertz CT molecular complexity index is 480. The topological polar surface area (TPSA) is 51.8 Å². The second-order valence-electron chi connectivity index (χ2n) is 4.25. The predicted molar refractivity (Wildman–Crippen MR) is 63.0 cm³/mol. The fourth-order valence-corrected chi connectivity index (χ4v) is 2.30. The standard InChI is InChI=1S/C13H13N3/c14-12-7-15-13(16-8-12)11-5-9-3-1-2-4-10(9)6-11/h1-4,7-8,11H,5-6,14H2. The summed E-state index contributed by atoms with van der Waals surface area (Å²) in [6.45, 7) is 0. The molecule has 0 radical (unpaired) electrons. The summed E-state index contributed by atoms with van der Waals surface area (Å²) in [5.74, 6) is 1.32. The van der Waals surface area contributed by atoms with Crippen LogP contribution < -0.4 is 5.73 Å². The number of nitrogens with two attached hydrogens (primary N) is 1. The molecular weight excluding hydrogens is 198 g/mol. The first-order valence-corrected chi connectivity index (χ1v) is 5.47. The molecule has 0 atom stereocenters. The van der Waals surface area contributed by atoms with Gasteiger partial charge in [0.15, 0.2) is 0 Å². The van der Waals surface area contributed by atoms with Crippen molar-refractivity contribution in [1.82, 2.24) is 9.97 Å². The molecule has 0 bridgehead atoms. The van der Waals surface area contributed by atoms with Crippen molar-refractivity contribution in [3.05, 3.63) is 53.6 Å². The van der Waals surface area contributed by atoms with Gasteiger partial charge in [-0.25, -0.2) is 9.97 Å². The van der Waals surface area contributed by atoms with Crippen molar-refractivity contribution in [3.8, 4) is 0 Å². The fraction of sp³-hybridized carbons (Fsp3) is 0.231. The van der Waals surface area contributed by atoms with Crippen molar-refractivity contribution >= 4 is 5.69 Å². The van der Waals surface area contributed by atoms with Crippen LogP contribution in [-0.4, -0.2) is 9.97 Å². The molecule has 0 aliphatic heterocycles. The third-order valence-electron chi connectivity index (χ3n) is 3.11. The maximum atomic E-state index is 5.58. The molecule has 1 aromatic carbocycles. The SMILES string of the molecule is Nc1cnc(C2Cc3ccccc3C2)nc1. The maximum Gasteiger partial charge on any atom is 0.132 e. The Labute approximate surface area is 94.4 Å². The Morgan fingerprint density at radius 3 is 2.12 bits per heavy atom. The molecule has 2 aromatic rings. The van der Waals surface area contributed by atoms with Gasteiger partial charge in [-0.15, -0.1) is 0 Å². The minimum absolute atomic E-state index is 0.415. The lowest BCUT2D eigenvalue weighted by atomic mass is 10.1. The zero-order valence-electron chi connectivity index (χ0n) is 8.93. The highest BCUT2D eigenvalue weighted by molar-refractivity contribution is 5.36. The Hall–Kier alpha value is -1.90. The summed E-state index contributed by atoms with van der Waals surface area (Å²) in [5.41, 5.74) is 9.06. The van der Waals surface area contributed by atoms with Crippen LogP contribution >= 0.6 is 0 Å². The number of aromatic nitrogens is 2. The van der Waals surface area contributed by atoms with Crippen LogP contribution in [0.4, 0.5) is 5.69 Å². The van der Waals surface area contributed by atoms with E-state index in [1.165, 1.54) is 11.1 Å². The Kier molecular flexibility index (Phi) is 2.10. The molecular formula is C13H13N3. The van der Waals surface area contributed by atoms with Crippen molar-refractivity contribution in [2.45, 2.75) is 18.8 Å². The number of hydrogen-bond donors (Lipinski definition) is 1. The summed E-state index contributed by atoms with van der Waals surface area (Å²) < 4.78 is 0. The van der Waals surface area contributed by atoms with Crippen LogP contribution in [0.2, 0.25) is 0 Å². The van der Waals surface area contributed by atoms with E-state index in [2.05, 4.69) is 34.2 Å². The third kappa shape index (κ3) is 1.54. The fourth-order valence-electron chi connectivity index (χ4n) is 2.30. The molecule has 3 rings (SSSR count). The van der Waals surface area contributed by atoms with E-state index in [-0.39, 0.29) is 0 Å². The molecule has 3 nitrogen and oxygen atoms in total. The molecule has 80 valence electrons. The van der Waals surface area contributed by atoms with Gasteiger partial charge in [0.25, 0.3) is 0 Å². The van der Waals surface area contributed by atoms with E-state index in [1.54, 1.807) is 12.4 Å². The second kappa shape index (κ2) is 3.59. The van der Waals surface area contributed by atoms with E-state index in [1.807, 2.05) is 0 Å². The van der Waals surface area contributed by atoms with E-state index < -0.39 is 0 Å². The highest BCUT2D eigenvalue weighted by Crippen LogP contribution is 2.31. The first kappa shape index (κ1) is 9.33. The first-order valence-electron chi connectivity index (χ1n) is 5.47. The van der Waals surface area contributed by atoms with Gasteiger partial charge < -0.3 is 5.73 Å². The largest absolute Gasteiger partial charge is 0.396 e. The van der Waals surface area contributed by atoms with Crippen molar-refractivity contribution in [3.63, 3.8) is 0 Å². The second-order valence-corrected chi connectivity index (χ2v) is 4.25. The van der Waals surface area contributed by atoms with Gasteiger partial charge in [-0.05, 0) is 24.0 Å². The normalized spacial score (nSPS) is 15.0. The molecule has 1 aliphatic rings. The van der Waals surface area contributed by atoms with Crippen LogP contribution in [0.1, 0.15) is 22.9 Å². The number of benzene rings is 1. The molecule has 2 N–H and O–H groups in total. The lowest BCUT2D eigenvalue weighted by Gasteiger charge is -2.06. The molecule has 0 unspecified atom stereocenters. The van der Waals surface area contributed by atoms with Crippen LogP contribution in [0.5, 0.6) is 0 Å². The van der Waals surface area contributed by atoms with Gasteiger partial charge in [0, 0.05) is 5.92 Å². The van der Waals surface area contributed by atoms with E-state index in [4.69, 9.17) is 5.73 Å². The molecule has 1 aromatic heterocycles. The van der Waals surface area contributed by atoms with Gasteiger partial charge >= 0.3 is 0 Å². The summed E-state index contributed by atoms with van der Waals surface area (Å²) in [5, 5.41) is 0. The smallest absolute Gasteiger partial charge is 0.132 e. The van der Waals surface area contributed by atoms with Crippen LogP contribution in [0.25, 0.3) is 0 Å². The average molecular weight is 211 g/mol. The van der Waals surface area contributed by atoms with Crippen LogP contribution in [0.15, 0.2) is 36.7 Å². The maximum absolute atomic E-state index is 5.58. The van der Waals surface area contributed by atoms with Crippen molar-refractivity contribution in [1.29, 1.82) is 0 Å². The molecule has 0 saturated heterocycles. The number of hydrogen-bond acceptors (Lipinski definition) is 3. The molecule has 0 saturated carbocycles. The minimum atomic E-state index is 0.415. The number of rotatable bonds is 1. The summed E-state index contributed by atoms with van der Waals surface area (Å²) in [6.07, 6.45) is 5.46. The predicted octanol–water partition coefficient (Wildman–Crippen LogP) is 1.94. The molecule has 16 heavy (non-hydrogen) atoms. The number of nitrogen functional groups attached to an aromatic ring is 1. The van der Waals surface area contributed by atoms with E-state index >= 15 is 0 Å². The zero-order chi connectivity index (χ0) is 11.0. The number of anilines is 1. The molecule has 3 heteroatoms. The quantitative estimate of drug-likeness (QED) is 0.784. The lowest BCUT2D eigenvalue weighted by Crippen LogP contribution is -2.04. The van der Waals surface area contributed by atoms with Gasteiger partial charge in [0.2, 0.25) is 0 Å². The van der Waals surface area contributed by atoms with E-state index in [9.17, 15) is 0 Å². The Morgan fingerprint density at radius 1 is 1.00 bits per heavy atom. The Balaban J connectivity index is 1.88.